The van der Waals surface area contributed by atoms with Gasteiger partial charge in [-0.3, -0.25) is 4.79 Å². The Morgan fingerprint density at radius 1 is 1.57 bits per heavy atom. The van der Waals surface area contributed by atoms with E-state index in [2.05, 4.69) is 10.6 Å². The lowest BCUT2D eigenvalue weighted by Gasteiger charge is -2.34. The lowest BCUT2D eigenvalue weighted by atomic mass is 9.89. The molecule has 2 unspecified atom stereocenters. The Hall–Kier alpha value is -2.12. The first kappa shape index (κ1) is 17.2. The molecule has 0 saturated heterocycles. The van der Waals surface area contributed by atoms with Crippen molar-refractivity contribution in [3.8, 4) is 0 Å². The van der Waals surface area contributed by atoms with Gasteiger partial charge in [0.25, 0.3) is 5.91 Å². The largest absolute Gasteiger partial charge is 0.483 e. The van der Waals surface area contributed by atoms with Gasteiger partial charge in [0.15, 0.2) is 24.2 Å². The molecule has 0 saturated carbocycles. The van der Waals surface area contributed by atoms with Crippen LogP contribution in [0.25, 0.3) is 0 Å². The molecule has 23 heavy (non-hydrogen) atoms. The van der Waals surface area contributed by atoms with E-state index in [1.807, 2.05) is 0 Å². The first-order valence-corrected chi connectivity index (χ1v) is 7.18. The summed E-state index contributed by atoms with van der Waals surface area (Å²) in [5.41, 5.74) is -2.71. The Morgan fingerprint density at radius 2 is 2.22 bits per heavy atom. The molecule has 0 aromatic rings. The van der Waals surface area contributed by atoms with Gasteiger partial charge < -0.3 is 20.1 Å². The third-order valence-electron chi connectivity index (χ3n) is 3.19. The Kier molecular flexibility index (Phi) is 4.37. The van der Waals surface area contributed by atoms with Crippen molar-refractivity contribution in [1.29, 1.82) is 0 Å². The molecule has 1 aliphatic heterocycles. The highest BCUT2D eigenvalue weighted by molar-refractivity contribution is 5.82. The fourth-order valence-electron chi connectivity index (χ4n) is 2.25. The fourth-order valence-corrected chi connectivity index (χ4v) is 2.25. The molecule has 128 valence electrons. The first-order valence-electron chi connectivity index (χ1n) is 7.18. The average Bonchev–Trinajstić information content (AvgIpc) is 2.39. The summed E-state index contributed by atoms with van der Waals surface area (Å²) in [4.78, 5) is 23.1. The highest BCUT2D eigenvalue weighted by Gasteiger charge is 2.44. The van der Waals surface area contributed by atoms with Crippen LogP contribution < -0.4 is 10.6 Å². The molecule has 2 amide bonds. The summed E-state index contributed by atoms with van der Waals surface area (Å²) in [5.74, 6) is -0.736. The molecule has 0 aromatic heterocycles. The molecule has 0 radical (unpaired) electrons. The Balaban J connectivity index is 2.17. The fraction of sp³-hybridized carbons (Fsp3) is 0.600. The van der Waals surface area contributed by atoms with Crippen LogP contribution in [0.3, 0.4) is 0 Å². The lowest BCUT2D eigenvalue weighted by molar-refractivity contribution is -0.126. The van der Waals surface area contributed by atoms with Gasteiger partial charge in [-0.1, -0.05) is 0 Å². The van der Waals surface area contributed by atoms with Crippen LogP contribution in [-0.2, 0) is 14.3 Å². The van der Waals surface area contributed by atoms with Gasteiger partial charge in [0.1, 0.15) is 5.60 Å². The van der Waals surface area contributed by atoms with Crippen LogP contribution in [0.1, 0.15) is 27.7 Å². The number of carbonyl (C=O) groups excluding carboxylic acids is 2. The van der Waals surface area contributed by atoms with E-state index in [1.54, 1.807) is 20.8 Å². The first-order chi connectivity index (χ1) is 10.5. The number of alkyl halides is 2. The third-order valence-corrected chi connectivity index (χ3v) is 3.19. The molecule has 8 heteroatoms. The minimum Gasteiger partial charge on any atom is -0.483 e. The summed E-state index contributed by atoms with van der Waals surface area (Å²) >= 11 is 0. The molecular formula is C15H20F2N2O4. The van der Waals surface area contributed by atoms with E-state index in [4.69, 9.17) is 9.47 Å². The van der Waals surface area contributed by atoms with Crippen LogP contribution in [0.2, 0.25) is 0 Å². The number of hydrogen-bond donors (Lipinski definition) is 2. The summed E-state index contributed by atoms with van der Waals surface area (Å²) in [5, 5.41) is 4.91. The lowest BCUT2D eigenvalue weighted by Crippen LogP contribution is -2.46. The second-order valence-corrected chi connectivity index (χ2v) is 6.61. The number of alkyl carbamates (subject to hydrolysis) is 1. The van der Waals surface area contributed by atoms with Crippen LogP contribution in [0, 0.1) is 0 Å². The number of halogens is 2. The predicted molar refractivity (Wildman–Crippen MR) is 77.8 cm³/mol. The number of allylic oxidation sites excluding steroid dienone is 2. The second-order valence-electron chi connectivity index (χ2n) is 6.61. The maximum Gasteiger partial charge on any atom is 0.407 e. The molecule has 2 aliphatic rings. The van der Waals surface area contributed by atoms with Crippen molar-refractivity contribution in [2.45, 2.75) is 45.1 Å². The zero-order valence-electron chi connectivity index (χ0n) is 13.5. The van der Waals surface area contributed by atoms with Gasteiger partial charge in [-0.15, -0.1) is 0 Å². The van der Waals surface area contributed by atoms with Crippen LogP contribution in [-0.4, -0.2) is 42.6 Å². The molecule has 2 atom stereocenters. The smallest absolute Gasteiger partial charge is 0.407 e. The van der Waals surface area contributed by atoms with E-state index in [-0.39, 0.29) is 30.2 Å². The van der Waals surface area contributed by atoms with E-state index >= 15 is 0 Å². The highest BCUT2D eigenvalue weighted by Crippen LogP contribution is 2.37. The van der Waals surface area contributed by atoms with Crippen LogP contribution in [0.5, 0.6) is 0 Å². The number of carbonyl (C=O) groups is 2. The van der Waals surface area contributed by atoms with Crippen molar-refractivity contribution in [2.75, 3.05) is 13.2 Å². The highest BCUT2D eigenvalue weighted by atomic mass is 19.2. The Bertz CT molecular complexity index is 591. The topological polar surface area (TPSA) is 76.7 Å². The molecule has 0 aromatic carbocycles. The van der Waals surface area contributed by atoms with Gasteiger partial charge in [0.2, 0.25) is 0 Å². The summed E-state index contributed by atoms with van der Waals surface area (Å²) in [6, 6.07) is 0. The van der Waals surface area contributed by atoms with Gasteiger partial charge in [-0.25, -0.2) is 13.6 Å². The summed E-state index contributed by atoms with van der Waals surface area (Å²) in [6.07, 6.45) is -1.70. The zero-order chi connectivity index (χ0) is 17.4. The van der Waals surface area contributed by atoms with Crippen molar-refractivity contribution in [2.24, 2.45) is 0 Å². The maximum absolute atomic E-state index is 14.4. The van der Waals surface area contributed by atoms with Crippen LogP contribution in [0.15, 0.2) is 23.1 Å². The van der Waals surface area contributed by atoms with E-state index in [1.165, 1.54) is 0 Å². The zero-order valence-corrected chi connectivity index (χ0v) is 13.5. The van der Waals surface area contributed by atoms with E-state index in [0.29, 0.717) is 0 Å². The summed E-state index contributed by atoms with van der Waals surface area (Å²) in [6.45, 7) is 5.66. The summed E-state index contributed by atoms with van der Waals surface area (Å²) < 4.78 is 38.6. The molecule has 2 rings (SSSR count). The monoisotopic (exact) mass is 330 g/mol. The minimum atomic E-state index is -2.30. The van der Waals surface area contributed by atoms with Gasteiger partial charge in [-0.2, -0.15) is 0 Å². The van der Waals surface area contributed by atoms with Gasteiger partial charge in [0.05, 0.1) is 5.70 Å². The number of ether oxygens (including phenoxy) is 2. The quantitative estimate of drug-likeness (QED) is 0.810. The predicted octanol–water partition coefficient (Wildman–Crippen LogP) is 1.88. The standard InChI is InChI=1S/C15H20F2N2O4/c1-14(2,3)23-13(21)18-6-8-5-15(4,17)12(16)11-10(8)19-9(20)7-22-11/h5,12H,6-7H2,1-4H3,(H,18,21)(H,19,20). The summed E-state index contributed by atoms with van der Waals surface area (Å²) in [7, 11) is 0. The maximum atomic E-state index is 14.4. The van der Waals surface area contributed by atoms with E-state index in [0.717, 1.165) is 13.0 Å². The Morgan fingerprint density at radius 3 is 2.83 bits per heavy atom. The third kappa shape index (κ3) is 4.00. The number of hydrogen-bond acceptors (Lipinski definition) is 4. The number of amides is 2. The molecular weight excluding hydrogens is 310 g/mol. The molecule has 1 heterocycles. The van der Waals surface area contributed by atoms with Crippen molar-refractivity contribution in [1.82, 2.24) is 10.6 Å². The molecule has 0 bridgehead atoms. The van der Waals surface area contributed by atoms with Crippen LogP contribution >= 0.6 is 0 Å². The Labute approximate surface area is 132 Å². The SMILES string of the molecule is CC(C)(C)OC(=O)NCC1=CC(C)(F)C(F)C2=C1NC(=O)CO2. The van der Waals surface area contributed by atoms with Gasteiger partial charge in [0, 0.05) is 6.54 Å². The molecule has 6 nitrogen and oxygen atoms in total. The van der Waals surface area contributed by atoms with Gasteiger partial charge in [-0.05, 0) is 39.3 Å². The van der Waals surface area contributed by atoms with Crippen molar-refractivity contribution in [3.63, 3.8) is 0 Å². The molecule has 1 aliphatic carbocycles. The number of rotatable bonds is 2. The van der Waals surface area contributed by atoms with Crippen molar-refractivity contribution >= 4 is 12.0 Å². The van der Waals surface area contributed by atoms with E-state index in [9.17, 15) is 18.4 Å². The molecule has 0 spiro atoms. The molecule has 2 N–H and O–H groups in total. The van der Waals surface area contributed by atoms with E-state index < -0.39 is 29.4 Å². The van der Waals surface area contributed by atoms with Crippen molar-refractivity contribution in [3.05, 3.63) is 23.1 Å². The van der Waals surface area contributed by atoms with Gasteiger partial charge >= 0.3 is 6.09 Å². The minimum absolute atomic E-state index is 0.0555. The van der Waals surface area contributed by atoms with Crippen LogP contribution in [0.4, 0.5) is 13.6 Å². The normalized spacial score (nSPS) is 27.5. The molecule has 0 fully saturated rings. The number of nitrogens with one attached hydrogen (secondary N) is 2. The van der Waals surface area contributed by atoms with Crippen molar-refractivity contribution < 1.29 is 27.8 Å². The average molecular weight is 330 g/mol. The second kappa shape index (κ2) is 5.82.